The number of ether oxygens (including phenoxy) is 4. The van der Waals surface area contributed by atoms with Crippen LogP contribution in [0, 0.1) is 0 Å². The van der Waals surface area contributed by atoms with Crippen LogP contribution in [0.5, 0.6) is 34.5 Å². The summed E-state index contributed by atoms with van der Waals surface area (Å²) in [5.41, 5.74) is 2.82. The minimum atomic E-state index is -0.599. The zero-order chi connectivity index (χ0) is 39.5. The van der Waals surface area contributed by atoms with Crippen LogP contribution in [0.1, 0.15) is 97.1 Å². The molecule has 0 spiro atoms. The van der Waals surface area contributed by atoms with Gasteiger partial charge in [0.1, 0.15) is 34.5 Å². The van der Waals surface area contributed by atoms with Gasteiger partial charge in [0.15, 0.2) is 0 Å². The van der Waals surface area contributed by atoms with Crippen molar-refractivity contribution >= 4 is 35.7 Å². The first-order valence-electron chi connectivity index (χ1n) is 19.1. The van der Waals surface area contributed by atoms with Gasteiger partial charge in [-0.15, -0.1) is 0 Å². The number of benzene rings is 5. The van der Waals surface area contributed by atoms with Crippen LogP contribution in [-0.2, 0) is 0 Å². The Morgan fingerprint density at radius 1 is 0.518 bits per heavy atom. The molecule has 0 amide bonds. The summed E-state index contributed by atoms with van der Waals surface area (Å²) >= 11 is 0. The molecule has 0 saturated heterocycles. The van der Waals surface area contributed by atoms with Gasteiger partial charge in [-0.1, -0.05) is 58.4 Å². The fraction of sp³-hybridized carbons (Fsp3) is 0.261. The second-order valence-corrected chi connectivity index (χ2v) is 13.1. The number of phenolic OH excluding ortho intramolecular Hbond substituents is 2. The third kappa shape index (κ3) is 12.9. The second kappa shape index (κ2) is 21.5. The molecule has 0 saturated carbocycles. The second-order valence-electron chi connectivity index (χ2n) is 13.1. The minimum absolute atomic E-state index is 0.0611. The van der Waals surface area contributed by atoms with Gasteiger partial charge in [0, 0.05) is 41.8 Å². The molecule has 10 nitrogen and oxygen atoms in total. The van der Waals surface area contributed by atoms with Crippen LogP contribution in [0.4, 0.5) is 11.4 Å². The Balaban J connectivity index is 1.09. The lowest BCUT2D eigenvalue weighted by molar-refractivity contribution is 0.0732. The molecule has 5 aromatic rings. The smallest absolute Gasteiger partial charge is 0.343 e. The van der Waals surface area contributed by atoms with Crippen molar-refractivity contribution in [2.45, 2.75) is 65.2 Å². The van der Waals surface area contributed by atoms with Crippen molar-refractivity contribution in [2.75, 3.05) is 13.2 Å². The number of phenols is 2. The zero-order valence-corrected chi connectivity index (χ0v) is 31.9. The third-order valence-corrected chi connectivity index (χ3v) is 8.68. The molecule has 10 heteroatoms. The lowest BCUT2D eigenvalue weighted by Crippen LogP contribution is -2.10. The van der Waals surface area contributed by atoms with E-state index in [0.29, 0.717) is 58.3 Å². The molecular formula is C46H48N2O8. The molecule has 290 valence electrons. The lowest BCUT2D eigenvalue weighted by Gasteiger charge is -2.08. The van der Waals surface area contributed by atoms with Crippen LogP contribution in [0.25, 0.3) is 0 Å². The lowest BCUT2D eigenvalue weighted by atomic mass is 10.2. The number of carbonyl (C=O) groups excluding carboxylic acids is 2. The molecule has 0 heterocycles. The van der Waals surface area contributed by atoms with Crippen molar-refractivity contribution in [3.8, 4) is 34.5 Å². The molecule has 0 atom stereocenters. The monoisotopic (exact) mass is 756 g/mol. The van der Waals surface area contributed by atoms with E-state index < -0.39 is 11.9 Å². The van der Waals surface area contributed by atoms with E-state index in [9.17, 15) is 19.8 Å². The highest BCUT2D eigenvalue weighted by molar-refractivity contribution is 5.93. The maximum Gasteiger partial charge on any atom is 0.343 e. The fourth-order valence-electron chi connectivity index (χ4n) is 5.47. The Morgan fingerprint density at radius 2 is 0.946 bits per heavy atom. The number of hydrogen-bond acceptors (Lipinski definition) is 10. The van der Waals surface area contributed by atoms with Crippen LogP contribution in [0.2, 0.25) is 0 Å². The number of rotatable bonds is 20. The number of esters is 2. The maximum atomic E-state index is 12.9. The number of aromatic hydroxyl groups is 2. The predicted molar refractivity (Wildman–Crippen MR) is 219 cm³/mol. The summed E-state index contributed by atoms with van der Waals surface area (Å²) in [4.78, 5) is 34.6. The van der Waals surface area contributed by atoms with Gasteiger partial charge in [-0.2, -0.15) is 0 Å². The first-order valence-corrected chi connectivity index (χ1v) is 19.1. The van der Waals surface area contributed by atoms with Crippen LogP contribution in [-0.4, -0.2) is 47.8 Å². The van der Waals surface area contributed by atoms with Gasteiger partial charge in [-0.3, -0.25) is 9.98 Å². The largest absolute Gasteiger partial charge is 0.507 e. The van der Waals surface area contributed by atoms with Gasteiger partial charge < -0.3 is 29.2 Å². The molecule has 5 rings (SSSR count). The summed E-state index contributed by atoms with van der Waals surface area (Å²) in [5, 5.41) is 20.8. The Kier molecular flexibility index (Phi) is 15.6. The highest BCUT2D eigenvalue weighted by Crippen LogP contribution is 2.26. The van der Waals surface area contributed by atoms with Crippen molar-refractivity contribution in [3.05, 3.63) is 131 Å². The average molecular weight is 757 g/mol. The third-order valence-electron chi connectivity index (χ3n) is 8.68. The molecular weight excluding hydrogens is 709 g/mol. The van der Waals surface area contributed by atoms with Crippen LogP contribution in [0.3, 0.4) is 0 Å². The first-order chi connectivity index (χ1) is 27.3. The van der Waals surface area contributed by atoms with Crippen LogP contribution >= 0.6 is 0 Å². The summed E-state index contributed by atoms with van der Waals surface area (Å²) in [6.45, 7) is 5.54. The first kappa shape index (κ1) is 40.8. The van der Waals surface area contributed by atoms with E-state index in [0.717, 1.165) is 38.5 Å². The van der Waals surface area contributed by atoms with Gasteiger partial charge in [0.25, 0.3) is 0 Å². The van der Waals surface area contributed by atoms with Crippen molar-refractivity contribution in [2.24, 2.45) is 9.98 Å². The topological polar surface area (TPSA) is 136 Å². The zero-order valence-electron chi connectivity index (χ0n) is 31.9. The molecule has 0 aliphatic rings. The van der Waals surface area contributed by atoms with E-state index in [-0.39, 0.29) is 23.0 Å². The molecule has 56 heavy (non-hydrogen) atoms. The van der Waals surface area contributed by atoms with Crippen LogP contribution in [0.15, 0.2) is 119 Å². The van der Waals surface area contributed by atoms with Gasteiger partial charge in [-0.05, 0) is 97.8 Å². The Morgan fingerprint density at radius 3 is 1.34 bits per heavy atom. The molecule has 0 aliphatic carbocycles. The van der Waals surface area contributed by atoms with Crippen molar-refractivity contribution in [1.29, 1.82) is 0 Å². The SMILES string of the molecule is CCCCCCOc1ccc(C=Nc2ccc(C(=O)Oc3cccc(OC(=O)c4ccc(N=Cc5ccc(OCCCCCC)cc5O)cc4)c3)cc2)c(O)c1. The molecule has 0 radical (unpaired) electrons. The molecule has 0 aliphatic heterocycles. The van der Waals surface area contributed by atoms with E-state index in [1.54, 1.807) is 116 Å². The average Bonchev–Trinajstić information content (AvgIpc) is 3.20. The number of unbranched alkanes of at least 4 members (excludes halogenated alkanes) is 6. The highest BCUT2D eigenvalue weighted by Gasteiger charge is 2.13. The molecule has 0 bridgehead atoms. The summed E-state index contributed by atoms with van der Waals surface area (Å²) in [5.74, 6) is 0.539. The van der Waals surface area contributed by atoms with E-state index in [2.05, 4.69) is 23.8 Å². The van der Waals surface area contributed by atoms with E-state index in [4.69, 9.17) is 18.9 Å². The number of carbonyl (C=O) groups is 2. The summed E-state index contributed by atoms with van der Waals surface area (Å²) in [6.07, 6.45) is 11.9. The van der Waals surface area contributed by atoms with E-state index in [1.165, 1.54) is 18.9 Å². The summed E-state index contributed by atoms with van der Waals surface area (Å²) in [6, 6.07) is 29.5. The normalized spacial score (nSPS) is 11.2. The van der Waals surface area contributed by atoms with Gasteiger partial charge in [0.2, 0.25) is 0 Å². The summed E-state index contributed by atoms with van der Waals surface area (Å²) < 4.78 is 22.5. The predicted octanol–water partition coefficient (Wildman–Crippen LogP) is 11.0. The quantitative estimate of drug-likeness (QED) is 0.0347. The standard InChI is InChI=1S/C46H48N2O8/c1-3-5-7-9-26-53-39-24-18-35(43(49)29-39)31-47-37-20-14-33(15-21-37)45(51)55-41-12-11-13-42(28-41)56-46(52)34-16-22-38(23-17-34)48-32-36-19-25-40(30-44(36)50)54-27-10-8-6-4-2/h11-25,28-32,49-50H,3-10,26-27H2,1-2H3. The van der Waals surface area contributed by atoms with Crippen molar-refractivity contribution < 1.29 is 38.7 Å². The molecule has 0 fully saturated rings. The Bertz CT molecular complexity index is 1950. The number of hydrogen-bond donors (Lipinski definition) is 2. The van der Waals surface area contributed by atoms with Crippen molar-refractivity contribution in [3.63, 3.8) is 0 Å². The maximum absolute atomic E-state index is 12.9. The van der Waals surface area contributed by atoms with Gasteiger partial charge >= 0.3 is 11.9 Å². The number of aliphatic imine (C=N–C) groups is 2. The highest BCUT2D eigenvalue weighted by atomic mass is 16.5. The summed E-state index contributed by atoms with van der Waals surface area (Å²) in [7, 11) is 0. The van der Waals surface area contributed by atoms with Gasteiger partial charge in [0.05, 0.1) is 35.7 Å². The van der Waals surface area contributed by atoms with Gasteiger partial charge in [-0.25, -0.2) is 9.59 Å². The Labute approximate surface area is 328 Å². The van der Waals surface area contributed by atoms with E-state index >= 15 is 0 Å². The van der Waals surface area contributed by atoms with E-state index in [1.807, 2.05) is 0 Å². The molecule has 5 aromatic carbocycles. The minimum Gasteiger partial charge on any atom is -0.507 e. The fourth-order valence-corrected chi connectivity index (χ4v) is 5.47. The number of nitrogens with zero attached hydrogens (tertiary/aromatic N) is 2. The molecule has 2 N–H and O–H groups in total. The van der Waals surface area contributed by atoms with Crippen molar-refractivity contribution in [1.82, 2.24) is 0 Å². The molecule has 0 aromatic heterocycles. The molecule has 0 unspecified atom stereocenters. The Hall–Kier alpha value is -6.42. The van der Waals surface area contributed by atoms with Crippen LogP contribution < -0.4 is 18.9 Å².